The zero-order valence-corrected chi connectivity index (χ0v) is 15.4. The Labute approximate surface area is 133 Å². The Bertz CT molecular complexity index is 162. The zero-order chi connectivity index (χ0) is 17.1. The van der Waals surface area contributed by atoms with Crippen LogP contribution in [0.25, 0.3) is 0 Å². The van der Waals surface area contributed by atoms with Crippen LogP contribution in [0, 0.1) is 0 Å². The maximum atomic E-state index is 5.30. The Morgan fingerprint density at radius 2 is 0.857 bits per heavy atom. The molecular formula is C15H42N6. The van der Waals surface area contributed by atoms with Crippen LogP contribution in [-0.4, -0.2) is 96.3 Å². The molecule has 0 aromatic carbocycles. The molecule has 0 aromatic heterocycles. The number of rotatable bonds is 9. The second-order valence-electron chi connectivity index (χ2n) is 5.84. The van der Waals surface area contributed by atoms with E-state index in [1.54, 1.807) is 0 Å². The van der Waals surface area contributed by atoms with Crippen LogP contribution in [-0.2, 0) is 0 Å². The summed E-state index contributed by atoms with van der Waals surface area (Å²) in [6.07, 6.45) is 3.48. The van der Waals surface area contributed by atoms with Gasteiger partial charge in [-0.05, 0) is 87.7 Å². The van der Waals surface area contributed by atoms with Crippen molar-refractivity contribution in [2.75, 3.05) is 81.6 Å². The molecule has 0 aliphatic heterocycles. The normalized spacial score (nSPS) is 10.3. The molecule has 0 aromatic rings. The van der Waals surface area contributed by atoms with Crippen molar-refractivity contribution in [2.24, 2.45) is 17.2 Å². The first kappa shape index (κ1) is 25.7. The third-order valence-electron chi connectivity index (χ3n) is 2.45. The highest BCUT2D eigenvalue weighted by Crippen LogP contribution is 1.86. The van der Waals surface area contributed by atoms with Crippen LogP contribution in [0.3, 0.4) is 0 Å². The van der Waals surface area contributed by atoms with E-state index >= 15 is 0 Å². The van der Waals surface area contributed by atoms with E-state index in [0.717, 1.165) is 52.1 Å². The summed E-state index contributed by atoms with van der Waals surface area (Å²) < 4.78 is 0. The van der Waals surface area contributed by atoms with Gasteiger partial charge in [-0.3, -0.25) is 0 Å². The fourth-order valence-electron chi connectivity index (χ4n) is 1.24. The predicted octanol–water partition coefficient (Wildman–Crippen LogP) is -0.310. The number of nitrogens with zero attached hydrogens (tertiary/aromatic N) is 3. The Hall–Kier alpha value is -0.240. The molecule has 0 saturated heterocycles. The lowest BCUT2D eigenvalue weighted by molar-refractivity contribution is 0.396. The van der Waals surface area contributed by atoms with Gasteiger partial charge in [-0.2, -0.15) is 0 Å². The molecule has 0 heterocycles. The molecule has 132 valence electrons. The van der Waals surface area contributed by atoms with Crippen LogP contribution in [0.1, 0.15) is 19.3 Å². The molecule has 0 rings (SSSR count). The van der Waals surface area contributed by atoms with Crippen LogP contribution >= 0.6 is 0 Å². The third kappa shape index (κ3) is 45.1. The smallest absolute Gasteiger partial charge is 0.00985 e. The summed E-state index contributed by atoms with van der Waals surface area (Å²) in [5.41, 5.74) is 15.7. The average Bonchev–Trinajstić information content (AvgIpc) is 2.37. The molecule has 0 unspecified atom stereocenters. The van der Waals surface area contributed by atoms with Crippen LogP contribution in [0.2, 0.25) is 0 Å². The highest BCUT2D eigenvalue weighted by Gasteiger charge is 1.86. The molecule has 0 atom stereocenters. The minimum Gasteiger partial charge on any atom is -0.330 e. The molecule has 6 N–H and O–H groups in total. The summed E-state index contributed by atoms with van der Waals surface area (Å²) in [5.74, 6) is 0. The molecule has 0 amide bonds. The van der Waals surface area contributed by atoms with Crippen LogP contribution in [0.4, 0.5) is 0 Å². The summed E-state index contributed by atoms with van der Waals surface area (Å²) in [6.45, 7) is 5.65. The van der Waals surface area contributed by atoms with Gasteiger partial charge in [-0.25, -0.2) is 0 Å². The van der Waals surface area contributed by atoms with Crippen LogP contribution in [0.15, 0.2) is 0 Å². The van der Waals surface area contributed by atoms with Crippen LogP contribution < -0.4 is 17.2 Å². The highest BCUT2D eigenvalue weighted by atomic mass is 15.1. The Balaban J connectivity index is -0.000000234. The van der Waals surface area contributed by atoms with E-state index in [1.165, 1.54) is 6.42 Å². The molecule has 21 heavy (non-hydrogen) atoms. The number of unbranched alkanes of at least 4 members (excludes halogenated alkanes) is 1. The molecule has 6 nitrogen and oxygen atoms in total. The van der Waals surface area contributed by atoms with E-state index in [2.05, 4.69) is 42.9 Å². The quantitative estimate of drug-likeness (QED) is 0.507. The monoisotopic (exact) mass is 306 g/mol. The molecule has 0 aliphatic rings. The molecule has 0 aliphatic carbocycles. The lowest BCUT2D eigenvalue weighted by Crippen LogP contribution is -2.20. The zero-order valence-electron chi connectivity index (χ0n) is 15.4. The maximum Gasteiger partial charge on any atom is 0.00985 e. The van der Waals surface area contributed by atoms with E-state index in [1.807, 2.05) is 14.1 Å². The van der Waals surface area contributed by atoms with Gasteiger partial charge in [0.2, 0.25) is 0 Å². The maximum absolute atomic E-state index is 5.30. The van der Waals surface area contributed by atoms with Gasteiger partial charge in [0.25, 0.3) is 0 Å². The topological polar surface area (TPSA) is 87.8 Å². The molecule has 0 bridgehead atoms. The third-order valence-corrected chi connectivity index (χ3v) is 2.45. The van der Waals surface area contributed by atoms with Crippen molar-refractivity contribution in [3.8, 4) is 0 Å². The predicted molar refractivity (Wildman–Crippen MR) is 96.7 cm³/mol. The van der Waals surface area contributed by atoms with Gasteiger partial charge in [0.05, 0.1) is 0 Å². The van der Waals surface area contributed by atoms with Gasteiger partial charge in [0.1, 0.15) is 0 Å². The number of hydrogen-bond donors (Lipinski definition) is 3. The van der Waals surface area contributed by atoms with Crippen molar-refractivity contribution < 1.29 is 0 Å². The van der Waals surface area contributed by atoms with E-state index in [4.69, 9.17) is 17.2 Å². The van der Waals surface area contributed by atoms with Gasteiger partial charge in [0.15, 0.2) is 0 Å². The Morgan fingerprint density at radius 3 is 1.05 bits per heavy atom. The minimum atomic E-state index is 0.757. The van der Waals surface area contributed by atoms with Gasteiger partial charge >= 0.3 is 0 Å². The molecular weight excluding hydrogens is 264 g/mol. The first-order valence-electron chi connectivity index (χ1n) is 7.86. The van der Waals surface area contributed by atoms with Crippen molar-refractivity contribution in [1.29, 1.82) is 0 Å². The van der Waals surface area contributed by atoms with E-state index in [0.29, 0.717) is 0 Å². The van der Waals surface area contributed by atoms with E-state index < -0.39 is 0 Å². The van der Waals surface area contributed by atoms with Crippen molar-refractivity contribution in [1.82, 2.24) is 14.7 Å². The molecule has 0 fully saturated rings. The second-order valence-corrected chi connectivity index (χ2v) is 5.84. The molecule has 0 radical (unpaired) electrons. The van der Waals surface area contributed by atoms with E-state index in [9.17, 15) is 0 Å². The standard InChI is InChI=1S/C6H16N2.C5H14N2.C4H12N2/c1-8(2)6-4-3-5-7;1-7(2)5-3-4-6;1-6(2)4-3-5/h3-7H2,1-2H3;3-6H2,1-2H3;3-5H2,1-2H3. The highest BCUT2D eigenvalue weighted by molar-refractivity contribution is 4.44. The molecule has 6 heteroatoms. The van der Waals surface area contributed by atoms with Crippen LogP contribution in [0.5, 0.6) is 0 Å². The van der Waals surface area contributed by atoms with Crippen molar-refractivity contribution >= 4 is 0 Å². The fraction of sp³-hybridized carbons (Fsp3) is 1.00. The lowest BCUT2D eigenvalue weighted by atomic mass is 10.3. The van der Waals surface area contributed by atoms with Crippen molar-refractivity contribution in [3.63, 3.8) is 0 Å². The van der Waals surface area contributed by atoms with Gasteiger partial charge < -0.3 is 31.9 Å². The second kappa shape index (κ2) is 22.0. The lowest BCUT2D eigenvalue weighted by Gasteiger charge is -2.06. The first-order valence-corrected chi connectivity index (χ1v) is 7.86. The molecule has 0 spiro atoms. The summed E-state index contributed by atoms with van der Waals surface area (Å²) >= 11 is 0. The molecule has 0 saturated carbocycles. The SMILES string of the molecule is CN(C)CCCCN.CN(C)CCCN.CN(C)CCN. The first-order chi connectivity index (χ1) is 9.81. The largest absolute Gasteiger partial charge is 0.330 e. The summed E-state index contributed by atoms with van der Waals surface area (Å²) in [5, 5.41) is 0. The number of nitrogens with two attached hydrogens (primary N) is 3. The Kier molecular flexibility index (Phi) is 27.0. The van der Waals surface area contributed by atoms with Crippen molar-refractivity contribution in [3.05, 3.63) is 0 Å². The van der Waals surface area contributed by atoms with Crippen molar-refractivity contribution in [2.45, 2.75) is 19.3 Å². The summed E-state index contributed by atoms with van der Waals surface area (Å²) in [6, 6.07) is 0. The number of hydrogen-bond acceptors (Lipinski definition) is 6. The summed E-state index contributed by atoms with van der Waals surface area (Å²) in [4.78, 5) is 6.36. The minimum absolute atomic E-state index is 0.757. The van der Waals surface area contributed by atoms with Gasteiger partial charge in [-0.1, -0.05) is 0 Å². The van der Waals surface area contributed by atoms with Gasteiger partial charge in [0, 0.05) is 13.1 Å². The van der Waals surface area contributed by atoms with E-state index in [-0.39, 0.29) is 0 Å². The Morgan fingerprint density at radius 1 is 0.476 bits per heavy atom. The average molecular weight is 307 g/mol. The number of likely N-dealkylation sites (N-methyl/N-ethyl adjacent to an activating group) is 1. The van der Waals surface area contributed by atoms with Gasteiger partial charge in [-0.15, -0.1) is 0 Å². The fourth-order valence-corrected chi connectivity index (χ4v) is 1.24. The summed E-state index contributed by atoms with van der Waals surface area (Å²) in [7, 11) is 12.3.